The smallest absolute Gasteiger partial charge is 0.263 e. The predicted octanol–water partition coefficient (Wildman–Crippen LogP) is 4.30. The maximum atomic E-state index is 12.9. The number of rotatable bonds is 7. The molecule has 14 heteroatoms. The topological polar surface area (TPSA) is 136 Å². The first-order chi connectivity index (χ1) is 15.4. The second-order valence-electron chi connectivity index (χ2n) is 6.23. The van der Waals surface area contributed by atoms with Gasteiger partial charge in [0.2, 0.25) is 16.2 Å². The first kappa shape index (κ1) is 22.3. The van der Waals surface area contributed by atoms with Gasteiger partial charge in [0.25, 0.3) is 5.91 Å². The number of nitrogens with zero attached hydrogens (tertiary/aromatic N) is 5. The van der Waals surface area contributed by atoms with E-state index < -0.39 is 5.91 Å². The van der Waals surface area contributed by atoms with E-state index in [1.165, 1.54) is 23.1 Å². The van der Waals surface area contributed by atoms with E-state index in [1.807, 2.05) is 0 Å². The summed E-state index contributed by atoms with van der Waals surface area (Å²) < 4.78 is 5.75. The SMILES string of the molecule is Cc1nnc(NC(=O)CSc2nnc(NC(=O)c3c(-c4ccccc4Cl)noc3C)s2)s1. The number of hydrogen-bond donors (Lipinski definition) is 2. The molecule has 10 nitrogen and oxygen atoms in total. The predicted molar refractivity (Wildman–Crippen MR) is 124 cm³/mol. The summed E-state index contributed by atoms with van der Waals surface area (Å²) >= 11 is 9.88. The molecule has 0 radical (unpaired) electrons. The number of aryl methyl sites for hydroxylation is 2. The van der Waals surface area contributed by atoms with Gasteiger partial charge in [0.05, 0.1) is 10.8 Å². The Morgan fingerprint density at radius 3 is 2.56 bits per heavy atom. The van der Waals surface area contributed by atoms with Gasteiger partial charge in [0.15, 0.2) is 4.34 Å². The molecule has 0 fully saturated rings. The summed E-state index contributed by atoms with van der Waals surface area (Å²) in [5.41, 5.74) is 1.18. The largest absolute Gasteiger partial charge is 0.360 e. The van der Waals surface area contributed by atoms with Gasteiger partial charge in [-0.1, -0.05) is 69.4 Å². The lowest BCUT2D eigenvalue weighted by atomic mass is 10.1. The van der Waals surface area contributed by atoms with Gasteiger partial charge in [-0.15, -0.1) is 20.4 Å². The summed E-state index contributed by atoms with van der Waals surface area (Å²) in [7, 11) is 0. The molecule has 0 aliphatic rings. The van der Waals surface area contributed by atoms with Crippen LogP contribution >= 0.6 is 46.0 Å². The number of carbonyl (C=O) groups is 2. The van der Waals surface area contributed by atoms with Crippen molar-refractivity contribution in [3.63, 3.8) is 0 Å². The van der Waals surface area contributed by atoms with Crippen LogP contribution in [0.4, 0.5) is 10.3 Å². The van der Waals surface area contributed by atoms with E-state index in [2.05, 4.69) is 36.2 Å². The van der Waals surface area contributed by atoms with Crippen molar-refractivity contribution in [2.45, 2.75) is 18.2 Å². The van der Waals surface area contributed by atoms with Gasteiger partial charge >= 0.3 is 0 Å². The van der Waals surface area contributed by atoms with Crippen LogP contribution in [0.15, 0.2) is 33.1 Å². The molecule has 3 heterocycles. The normalized spacial score (nSPS) is 10.8. The van der Waals surface area contributed by atoms with Gasteiger partial charge in [0.1, 0.15) is 22.0 Å². The number of thioether (sulfide) groups is 1. The summed E-state index contributed by atoms with van der Waals surface area (Å²) in [5.74, 6) is -0.227. The highest BCUT2D eigenvalue weighted by atomic mass is 35.5. The number of nitrogens with one attached hydrogen (secondary N) is 2. The van der Waals surface area contributed by atoms with Crippen LogP contribution in [0, 0.1) is 13.8 Å². The highest BCUT2D eigenvalue weighted by Gasteiger charge is 2.24. The van der Waals surface area contributed by atoms with Crippen molar-refractivity contribution in [2.24, 2.45) is 0 Å². The van der Waals surface area contributed by atoms with Crippen molar-refractivity contribution < 1.29 is 14.1 Å². The Morgan fingerprint density at radius 2 is 1.81 bits per heavy atom. The third kappa shape index (κ3) is 5.12. The monoisotopic (exact) mass is 507 g/mol. The minimum absolute atomic E-state index is 0.114. The summed E-state index contributed by atoms with van der Waals surface area (Å²) in [6, 6.07) is 7.04. The molecule has 4 rings (SSSR count). The van der Waals surface area contributed by atoms with E-state index in [4.69, 9.17) is 16.1 Å². The Labute approximate surface area is 198 Å². The third-order valence-electron chi connectivity index (χ3n) is 3.94. The van der Waals surface area contributed by atoms with Crippen molar-refractivity contribution in [1.29, 1.82) is 0 Å². The van der Waals surface area contributed by atoms with E-state index in [0.29, 0.717) is 31.5 Å². The van der Waals surface area contributed by atoms with Gasteiger partial charge in [-0.3, -0.25) is 20.2 Å². The van der Waals surface area contributed by atoms with Gasteiger partial charge in [-0.25, -0.2) is 0 Å². The number of anilines is 2. The fraction of sp³-hybridized carbons (Fsp3) is 0.167. The van der Waals surface area contributed by atoms with Crippen molar-refractivity contribution in [3.8, 4) is 11.3 Å². The quantitative estimate of drug-likeness (QED) is 0.277. The molecule has 1 aromatic carbocycles. The highest BCUT2D eigenvalue weighted by Crippen LogP contribution is 2.32. The first-order valence-electron chi connectivity index (χ1n) is 8.99. The van der Waals surface area contributed by atoms with Crippen molar-refractivity contribution >= 4 is 68.1 Å². The average Bonchev–Trinajstić information content (AvgIpc) is 3.47. The molecule has 0 unspecified atom stereocenters. The molecular weight excluding hydrogens is 494 g/mol. The minimum atomic E-state index is -0.448. The molecule has 3 aromatic heterocycles. The molecule has 0 atom stereocenters. The van der Waals surface area contributed by atoms with Crippen LogP contribution < -0.4 is 10.6 Å². The molecule has 0 bridgehead atoms. The fourth-order valence-corrected chi connectivity index (χ4v) is 4.96. The molecule has 2 N–H and O–H groups in total. The van der Waals surface area contributed by atoms with Crippen molar-refractivity contribution in [3.05, 3.63) is 45.6 Å². The van der Waals surface area contributed by atoms with Crippen molar-refractivity contribution in [1.82, 2.24) is 25.6 Å². The number of carbonyl (C=O) groups excluding carboxylic acids is 2. The maximum absolute atomic E-state index is 12.9. The van der Waals surface area contributed by atoms with E-state index in [9.17, 15) is 9.59 Å². The zero-order valence-corrected chi connectivity index (χ0v) is 19.8. The summed E-state index contributed by atoms with van der Waals surface area (Å²) in [5, 5.41) is 26.9. The lowest BCUT2D eigenvalue weighted by molar-refractivity contribution is -0.113. The van der Waals surface area contributed by atoms with Crippen LogP contribution in [0.1, 0.15) is 21.1 Å². The van der Waals surface area contributed by atoms with Gasteiger partial charge in [0, 0.05) is 5.56 Å². The zero-order chi connectivity index (χ0) is 22.7. The Morgan fingerprint density at radius 1 is 1.06 bits per heavy atom. The second-order valence-corrected chi connectivity index (χ2v) is 10.0. The van der Waals surface area contributed by atoms with Crippen LogP contribution in [0.2, 0.25) is 5.02 Å². The fourth-order valence-electron chi connectivity index (χ4n) is 2.58. The molecule has 4 aromatic rings. The molecule has 0 aliphatic heterocycles. The Balaban J connectivity index is 1.40. The van der Waals surface area contributed by atoms with Crippen molar-refractivity contribution in [2.75, 3.05) is 16.4 Å². The van der Waals surface area contributed by atoms with Gasteiger partial charge in [-0.2, -0.15) is 0 Å². The molecule has 2 amide bonds. The third-order valence-corrected chi connectivity index (χ3v) is 7.00. The van der Waals surface area contributed by atoms with Crippen LogP contribution in [-0.4, -0.2) is 43.1 Å². The second kappa shape index (κ2) is 9.73. The maximum Gasteiger partial charge on any atom is 0.263 e. The average molecular weight is 508 g/mol. The molecule has 0 saturated carbocycles. The number of halogens is 1. The van der Waals surface area contributed by atoms with Gasteiger partial charge in [-0.05, 0) is 19.9 Å². The molecule has 0 aliphatic carbocycles. The summed E-state index contributed by atoms with van der Waals surface area (Å²) in [4.78, 5) is 24.9. The zero-order valence-electron chi connectivity index (χ0n) is 16.6. The Hall–Kier alpha value is -2.87. The van der Waals surface area contributed by atoms with Crippen LogP contribution in [0.3, 0.4) is 0 Å². The van der Waals surface area contributed by atoms with E-state index >= 15 is 0 Å². The molecule has 0 saturated heterocycles. The lowest BCUT2D eigenvalue weighted by Crippen LogP contribution is -2.13. The highest BCUT2D eigenvalue weighted by molar-refractivity contribution is 8.01. The number of hydrogen-bond acceptors (Lipinski definition) is 11. The van der Waals surface area contributed by atoms with E-state index in [1.54, 1.807) is 38.1 Å². The van der Waals surface area contributed by atoms with Crippen LogP contribution in [0.25, 0.3) is 11.3 Å². The molecular formula is C18H14ClN7O3S3. The van der Waals surface area contributed by atoms with Gasteiger partial charge < -0.3 is 4.52 Å². The standard InChI is InChI=1S/C18H14ClN7O3S3/c1-8-13(14(26-29-8)10-5-3-4-6-11(10)19)15(28)21-17-24-25-18(32-17)30-7-12(27)20-16-23-22-9(2)31-16/h3-6H,7H2,1-2H3,(H,20,23,27)(H,21,24,28). The van der Waals surface area contributed by atoms with Crippen LogP contribution in [0.5, 0.6) is 0 Å². The van der Waals surface area contributed by atoms with E-state index in [-0.39, 0.29) is 22.4 Å². The summed E-state index contributed by atoms with van der Waals surface area (Å²) in [6.07, 6.45) is 0. The first-order valence-corrected chi connectivity index (χ1v) is 12.0. The molecule has 164 valence electrons. The van der Waals surface area contributed by atoms with Crippen LogP contribution in [-0.2, 0) is 4.79 Å². The number of aromatic nitrogens is 5. The Kier molecular flexibility index (Phi) is 6.79. The minimum Gasteiger partial charge on any atom is -0.360 e. The molecule has 32 heavy (non-hydrogen) atoms. The lowest BCUT2D eigenvalue weighted by Gasteiger charge is -2.04. The Bertz CT molecular complexity index is 1290. The summed E-state index contributed by atoms with van der Waals surface area (Å²) in [6.45, 7) is 3.44. The van der Waals surface area contributed by atoms with E-state index in [0.717, 1.165) is 16.3 Å². The molecule has 0 spiro atoms. The number of benzene rings is 1. The number of amides is 2.